The first-order valence-corrected chi connectivity index (χ1v) is 4.93. The summed E-state index contributed by atoms with van der Waals surface area (Å²) >= 11 is 0. The van der Waals surface area contributed by atoms with Crippen LogP contribution in [0, 0.1) is 5.82 Å². The van der Waals surface area contributed by atoms with Gasteiger partial charge in [0.2, 0.25) is 0 Å². The summed E-state index contributed by atoms with van der Waals surface area (Å²) in [6.45, 7) is 2.11. The molecule has 1 aromatic carbocycles. The summed E-state index contributed by atoms with van der Waals surface area (Å²) in [4.78, 5) is 11.6. The van der Waals surface area contributed by atoms with Gasteiger partial charge in [-0.15, -0.1) is 0 Å². The molecule has 1 aromatic rings. The Morgan fingerprint density at radius 2 is 2.31 bits per heavy atom. The lowest BCUT2D eigenvalue weighted by atomic mass is 10.2. The third-order valence-corrected chi connectivity index (χ3v) is 2.15. The van der Waals surface area contributed by atoms with Crippen LogP contribution < -0.4 is 15.8 Å². The van der Waals surface area contributed by atoms with Crippen molar-refractivity contribution in [3.8, 4) is 5.75 Å². The maximum Gasteiger partial charge on any atom is 0.251 e. The number of ether oxygens (including phenoxy) is 1. The van der Waals surface area contributed by atoms with E-state index in [4.69, 9.17) is 10.5 Å². The fourth-order valence-electron chi connectivity index (χ4n) is 1.17. The number of carbonyl (C=O) groups is 1. The maximum atomic E-state index is 13.3. The monoisotopic (exact) mass is 226 g/mol. The molecule has 0 aliphatic carbocycles. The van der Waals surface area contributed by atoms with Gasteiger partial charge in [-0.25, -0.2) is 4.39 Å². The number of nitrogens with two attached hydrogens (primary N) is 1. The van der Waals surface area contributed by atoms with Crippen molar-refractivity contribution in [2.45, 2.75) is 13.0 Å². The number of carbonyl (C=O) groups excluding carboxylic acids is 1. The van der Waals surface area contributed by atoms with E-state index in [9.17, 15) is 9.18 Å². The van der Waals surface area contributed by atoms with Crippen LogP contribution in [0.2, 0.25) is 0 Å². The second-order valence-corrected chi connectivity index (χ2v) is 3.46. The molecule has 3 N–H and O–H groups in total. The number of nitrogens with one attached hydrogen (secondary N) is 1. The number of hydrogen-bond donors (Lipinski definition) is 2. The summed E-state index contributed by atoms with van der Waals surface area (Å²) in [5.74, 6) is -0.793. The van der Waals surface area contributed by atoms with Crippen LogP contribution in [0.1, 0.15) is 17.3 Å². The van der Waals surface area contributed by atoms with Crippen LogP contribution in [-0.2, 0) is 0 Å². The summed E-state index contributed by atoms with van der Waals surface area (Å²) in [5.41, 5.74) is 5.61. The molecule has 1 atom stereocenters. The molecular weight excluding hydrogens is 211 g/mol. The molecule has 0 radical (unpaired) electrons. The Bertz CT molecular complexity index is 382. The van der Waals surface area contributed by atoms with Crippen LogP contribution in [0.5, 0.6) is 5.75 Å². The Morgan fingerprint density at radius 3 is 2.81 bits per heavy atom. The van der Waals surface area contributed by atoms with Crippen molar-refractivity contribution in [1.82, 2.24) is 5.32 Å². The van der Waals surface area contributed by atoms with Gasteiger partial charge in [0.15, 0.2) is 11.6 Å². The topological polar surface area (TPSA) is 64.3 Å². The molecule has 5 heteroatoms. The van der Waals surface area contributed by atoms with Crippen molar-refractivity contribution in [2.24, 2.45) is 5.73 Å². The molecule has 0 fully saturated rings. The van der Waals surface area contributed by atoms with Crippen molar-refractivity contribution >= 4 is 5.91 Å². The lowest BCUT2D eigenvalue weighted by molar-refractivity contribution is 0.0940. The third kappa shape index (κ3) is 2.93. The summed E-state index contributed by atoms with van der Waals surface area (Å²) in [6, 6.07) is 3.91. The van der Waals surface area contributed by atoms with Gasteiger partial charge in [-0.2, -0.15) is 0 Å². The van der Waals surface area contributed by atoms with E-state index in [1.807, 2.05) is 0 Å². The summed E-state index contributed by atoms with van der Waals surface area (Å²) < 4.78 is 18.1. The van der Waals surface area contributed by atoms with Gasteiger partial charge in [-0.1, -0.05) is 0 Å². The Kier molecular flexibility index (Phi) is 4.25. The molecule has 1 amide bonds. The maximum absolute atomic E-state index is 13.3. The number of rotatable bonds is 4. The van der Waals surface area contributed by atoms with Gasteiger partial charge in [0.1, 0.15) is 0 Å². The second-order valence-electron chi connectivity index (χ2n) is 3.46. The van der Waals surface area contributed by atoms with Gasteiger partial charge in [-0.3, -0.25) is 4.79 Å². The van der Waals surface area contributed by atoms with Crippen molar-refractivity contribution in [2.75, 3.05) is 13.7 Å². The first-order chi connectivity index (χ1) is 7.58. The Balaban J connectivity index is 2.81. The molecule has 0 heterocycles. The lowest BCUT2D eigenvalue weighted by Crippen LogP contribution is -2.37. The van der Waals surface area contributed by atoms with Crippen molar-refractivity contribution < 1.29 is 13.9 Å². The molecule has 4 nitrogen and oxygen atoms in total. The largest absolute Gasteiger partial charge is 0.494 e. The number of benzene rings is 1. The fraction of sp³-hybridized carbons (Fsp3) is 0.364. The average molecular weight is 226 g/mol. The van der Waals surface area contributed by atoms with E-state index in [1.165, 1.54) is 19.2 Å². The molecule has 0 spiro atoms. The summed E-state index contributed by atoms with van der Waals surface area (Å²) in [6.07, 6.45) is 0. The number of amides is 1. The molecule has 0 bridgehead atoms. The van der Waals surface area contributed by atoms with Gasteiger partial charge in [-0.05, 0) is 25.1 Å². The smallest absolute Gasteiger partial charge is 0.251 e. The Morgan fingerprint density at radius 1 is 1.62 bits per heavy atom. The van der Waals surface area contributed by atoms with Crippen LogP contribution >= 0.6 is 0 Å². The second kappa shape index (κ2) is 5.46. The van der Waals surface area contributed by atoms with E-state index in [0.717, 1.165) is 6.07 Å². The Hall–Kier alpha value is -1.62. The normalized spacial score (nSPS) is 12.0. The highest BCUT2D eigenvalue weighted by Crippen LogP contribution is 2.17. The predicted molar refractivity (Wildman–Crippen MR) is 58.9 cm³/mol. The van der Waals surface area contributed by atoms with Gasteiger partial charge in [0.25, 0.3) is 5.91 Å². The summed E-state index contributed by atoms with van der Waals surface area (Å²) in [7, 11) is 1.37. The van der Waals surface area contributed by atoms with Crippen LogP contribution in [0.3, 0.4) is 0 Å². The molecule has 1 rings (SSSR count). The first-order valence-electron chi connectivity index (χ1n) is 4.93. The van der Waals surface area contributed by atoms with E-state index in [1.54, 1.807) is 6.92 Å². The predicted octanol–water partition coefficient (Wildman–Crippen LogP) is 0.911. The van der Waals surface area contributed by atoms with E-state index in [-0.39, 0.29) is 23.3 Å². The van der Waals surface area contributed by atoms with Gasteiger partial charge in [0, 0.05) is 18.2 Å². The summed E-state index contributed by atoms with van der Waals surface area (Å²) in [5, 5.41) is 2.64. The minimum atomic E-state index is -0.560. The van der Waals surface area contributed by atoms with Crippen LogP contribution in [-0.4, -0.2) is 25.6 Å². The van der Waals surface area contributed by atoms with Gasteiger partial charge < -0.3 is 15.8 Å². The zero-order valence-electron chi connectivity index (χ0n) is 9.29. The first kappa shape index (κ1) is 12.4. The highest BCUT2D eigenvalue weighted by molar-refractivity contribution is 5.94. The van der Waals surface area contributed by atoms with Crippen molar-refractivity contribution in [3.05, 3.63) is 29.6 Å². The van der Waals surface area contributed by atoms with Crippen LogP contribution in [0.25, 0.3) is 0 Å². The molecule has 0 saturated heterocycles. The molecule has 16 heavy (non-hydrogen) atoms. The van der Waals surface area contributed by atoms with E-state index in [2.05, 4.69) is 5.32 Å². The molecular formula is C11H15FN2O2. The van der Waals surface area contributed by atoms with Crippen molar-refractivity contribution in [1.29, 1.82) is 0 Å². The number of hydrogen-bond acceptors (Lipinski definition) is 3. The zero-order chi connectivity index (χ0) is 12.1. The minimum Gasteiger partial charge on any atom is -0.494 e. The molecule has 88 valence electrons. The molecule has 0 aliphatic heterocycles. The molecule has 0 aliphatic rings. The highest BCUT2D eigenvalue weighted by atomic mass is 19.1. The number of methoxy groups -OCH3 is 1. The Labute approximate surface area is 93.6 Å². The van der Waals surface area contributed by atoms with Crippen molar-refractivity contribution in [3.63, 3.8) is 0 Å². The van der Waals surface area contributed by atoms with E-state index >= 15 is 0 Å². The SMILES string of the molecule is COc1ccc(C(=O)N[C@H](C)CN)cc1F. The minimum absolute atomic E-state index is 0.114. The van der Waals surface area contributed by atoms with Crippen LogP contribution in [0.15, 0.2) is 18.2 Å². The van der Waals surface area contributed by atoms with Gasteiger partial charge in [0.05, 0.1) is 7.11 Å². The lowest BCUT2D eigenvalue weighted by Gasteiger charge is -2.11. The highest BCUT2D eigenvalue weighted by Gasteiger charge is 2.11. The quantitative estimate of drug-likeness (QED) is 0.802. The average Bonchev–Trinajstić information content (AvgIpc) is 2.28. The molecule has 0 aromatic heterocycles. The molecule has 0 saturated carbocycles. The van der Waals surface area contributed by atoms with E-state index in [0.29, 0.717) is 6.54 Å². The van der Waals surface area contributed by atoms with Gasteiger partial charge >= 0.3 is 0 Å². The third-order valence-electron chi connectivity index (χ3n) is 2.15. The van der Waals surface area contributed by atoms with E-state index < -0.39 is 5.82 Å². The molecule has 0 unspecified atom stereocenters. The van der Waals surface area contributed by atoms with Crippen LogP contribution in [0.4, 0.5) is 4.39 Å². The number of halogens is 1. The standard InChI is InChI=1S/C11H15FN2O2/c1-7(6-13)14-11(15)8-3-4-10(16-2)9(12)5-8/h3-5,7H,6,13H2,1-2H3,(H,14,15)/t7-/m1/s1. The fourth-order valence-corrected chi connectivity index (χ4v) is 1.17. The zero-order valence-corrected chi connectivity index (χ0v) is 9.29.